The van der Waals surface area contributed by atoms with Gasteiger partial charge >= 0.3 is 0 Å². The summed E-state index contributed by atoms with van der Waals surface area (Å²) >= 11 is 3.11. The van der Waals surface area contributed by atoms with E-state index in [9.17, 15) is 13.2 Å². The van der Waals surface area contributed by atoms with Crippen LogP contribution in [0.15, 0.2) is 61.0 Å². The van der Waals surface area contributed by atoms with Gasteiger partial charge in [-0.1, -0.05) is 5.16 Å². The van der Waals surface area contributed by atoms with Crippen molar-refractivity contribution in [3.63, 3.8) is 0 Å². The summed E-state index contributed by atoms with van der Waals surface area (Å²) in [6, 6.07) is 10.3. The molecule has 0 spiro atoms. The number of rotatable bonds is 5. The second-order valence-electron chi connectivity index (χ2n) is 5.01. The average Bonchev–Trinajstić information content (AvgIpc) is 3.16. The Labute approximate surface area is 151 Å². The number of aromatic nitrogens is 1. The van der Waals surface area contributed by atoms with Gasteiger partial charge in [0.1, 0.15) is 5.76 Å². The Morgan fingerprint density at radius 3 is 2.44 bits per heavy atom. The molecule has 1 amide bonds. The Hall–Kier alpha value is -2.59. The number of carbonyl (C=O) groups excluding carboxylic acids is 1. The normalized spacial score (nSPS) is 11.3. The number of furan rings is 1. The zero-order chi connectivity index (χ0) is 18.0. The fourth-order valence-electron chi connectivity index (χ4n) is 1.96. The molecule has 25 heavy (non-hydrogen) atoms. The fraction of sp³-hybridized carbons (Fsp3) is 0.0667. The molecule has 3 rings (SSSR count). The van der Waals surface area contributed by atoms with Gasteiger partial charge in [0.15, 0.2) is 16.2 Å². The molecule has 0 bridgehead atoms. The van der Waals surface area contributed by atoms with Crippen LogP contribution >= 0.6 is 15.9 Å². The molecular weight excluding hydrogens is 414 g/mol. The highest BCUT2D eigenvalue weighted by Crippen LogP contribution is 2.19. The maximum Gasteiger partial charge on any atom is 0.291 e. The van der Waals surface area contributed by atoms with Crippen LogP contribution in [-0.4, -0.2) is 19.5 Å². The molecule has 10 heteroatoms. The first-order chi connectivity index (χ1) is 11.8. The van der Waals surface area contributed by atoms with Gasteiger partial charge < -0.3 is 14.3 Å². The summed E-state index contributed by atoms with van der Waals surface area (Å²) in [4.78, 5) is 12.0. The van der Waals surface area contributed by atoms with Crippen LogP contribution in [0.2, 0.25) is 0 Å². The van der Waals surface area contributed by atoms with Crippen LogP contribution in [0.25, 0.3) is 0 Å². The molecule has 0 atom stereocenters. The lowest BCUT2D eigenvalue weighted by Gasteiger charge is -2.07. The smallest absolute Gasteiger partial charge is 0.291 e. The number of nitrogens with one attached hydrogen (secondary N) is 2. The number of nitrogens with zero attached hydrogens (tertiary/aromatic N) is 1. The summed E-state index contributed by atoms with van der Waals surface area (Å²) in [5, 5.41) is 6.19. The van der Waals surface area contributed by atoms with Crippen LogP contribution in [-0.2, 0) is 10.0 Å². The van der Waals surface area contributed by atoms with E-state index in [0.29, 0.717) is 16.1 Å². The maximum absolute atomic E-state index is 12.3. The molecule has 0 radical (unpaired) electrons. The Morgan fingerprint density at radius 1 is 1.16 bits per heavy atom. The van der Waals surface area contributed by atoms with Crippen LogP contribution in [0.4, 0.5) is 11.5 Å². The molecule has 0 aliphatic heterocycles. The standard InChI is InChI=1S/C15H12BrN3O5S/c1-9-8-14(18-24-9)19-25(21,22)11-4-2-10(3-5-11)17-15(20)12-6-7-13(16)23-12/h2-8H,1H3,(H,17,20)(H,18,19). The second kappa shape index (κ2) is 6.73. The lowest BCUT2D eigenvalue weighted by molar-refractivity contribution is 0.0995. The number of hydrogen-bond donors (Lipinski definition) is 2. The minimum absolute atomic E-state index is 0.0203. The third kappa shape index (κ3) is 4.09. The molecule has 130 valence electrons. The molecule has 1 aromatic carbocycles. The van der Waals surface area contributed by atoms with E-state index in [1.807, 2.05) is 0 Å². The first-order valence-electron chi connectivity index (χ1n) is 6.96. The number of sulfonamides is 1. The summed E-state index contributed by atoms with van der Waals surface area (Å²) in [6.45, 7) is 1.65. The molecule has 0 saturated carbocycles. The van der Waals surface area contributed by atoms with E-state index < -0.39 is 15.9 Å². The molecule has 2 heterocycles. The predicted molar refractivity (Wildman–Crippen MR) is 92.9 cm³/mol. The van der Waals surface area contributed by atoms with Gasteiger partial charge in [0.2, 0.25) is 0 Å². The molecular formula is C15H12BrN3O5S. The highest BCUT2D eigenvalue weighted by Gasteiger charge is 2.17. The van der Waals surface area contributed by atoms with Gasteiger partial charge in [-0.05, 0) is 59.3 Å². The molecule has 0 aliphatic carbocycles. The topological polar surface area (TPSA) is 114 Å². The first kappa shape index (κ1) is 17.2. The molecule has 8 nitrogen and oxygen atoms in total. The summed E-state index contributed by atoms with van der Waals surface area (Å²) in [5.41, 5.74) is 0.425. The number of hydrogen-bond acceptors (Lipinski definition) is 6. The van der Waals surface area contributed by atoms with Gasteiger partial charge in [-0.2, -0.15) is 0 Å². The highest BCUT2D eigenvalue weighted by molar-refractivity contribution is 9.10. The van der Waals surface area contributed by atoms with E-state index in [-0.39, 0.29) is 16.5 Å². The number of halogens is 1. The largest absolute Gasteiger partial charge is 0.444 e. The van der Waals surface area contributed by atoms with Crippen LogP contribution < -0.4 is 10.0 Å². The van der Waals surface area contributed by atoms with Gasteiger partial charge in [0, 0.05) is 11.8 Å². The third-order valence-corrected chi connectivity index (χ3v) is 4.88. The van der Waals surface area contributed by atoms with Crippen molar-refractivity contribution in [2.24, 2.45) is 0 Å². The van der Waals surface area contributed by atoms with Gasteiger partial charge in [0.25, 0.3) is 15.9 Å². The van der Waals surface area contributed by atoms with E-state index in [2.05, 4.69) is 31.1 Å². The predicted octanol–water partition coefficient (Wildman–Crippen LogP) is 3.39. The molecule has 0 fully saturated rings. The molecule has 0 unspecified atom stereocenters. The quantitative estimate of drug-likeness (QED) is 0.647. The zero-order valence-corrected chi connectivity index (χ0v) is 15.2. The number of anilines is 2. The lowest BCUT2D eigenvalue weighted by atomic mass is 10.3. The van der Waals surface area contributed by atoms with E-state index in [1.54, 1.807) is 13.0 Å². The summed E-state index contributed by atoms with van der Waals surface area (Å²) in [6.07, 6.45) is 0. The van der Waals surface area contributed by atoms with E-state index in [4.69, 9.17) is 8.94 Å². The molecule has 3 aromatic rings. The van der Waals surface area contributed by atoms with E-state index in [0.717, 1.165) is 0 Å². The van der Waals surface area contributed by atoms with Crippen molar-refractivity contribution in [3.05, 3.63) is 58.7 Å². The number of carbonyl (C=O) groups is 1. The molecule has 0 saturated heterocycles. The number of amides is 1. The summed E-state index contributed by atoms with van der Waals surface area (Å²) in [5.74, 6) is 0.266. The SMILES string of the molecule is Cc1cc(NS(=O)(=O)c2ccc(NC(=O)c3ccc(Br)o3)cc2)no1. The van der Waals surface area contributed by atoms with Gasteiger partial charge in [-0.25, -0.2) is 8.42 Å². The van der Waals surface area contributed by atoms with E-state index in [1.165, 1.54) is 36.4 Å². The Bertz CT molecular complexity index is 1010. The van der Waals surface area contributed by atoms with Crippen molar-refractivity contribution in [2.75, 3.05) is 10.0 Å². The lowest BCUT2D eigenvalue weighted by Crippen LogP contribution is -2.14. The van der Waals surface area contributed by atoms with Crippen molar-refractivity contribution in [2.45, 2.75) is 11.8 Å². The minimum atomic E-state index is -3.80. The van der Waals surface area contributed by atoms with Gasteiger partial charge in [-0.3, -0.25) is 9.52 Å². The maximum atomic E-state index is 12.3. The van der Waals surface area contributed by atoms with Crippen molar-refractivity contribution >= 4 is 43.4 Å². The minimum Gasteiger partial charge on any atom is -0.444 e. The first-order valence-corrected chi connectivity index (χ1v) is 9.24. The Morgan fingerprint density at radius 2 is 1.88 bits per heavy atom. The van der Waals surface area contributed by atoms with Crippen molar-refractivity contribution in [1.29, 1.82) is 0 Å². The molecule has 0 aliphatic rings. The number of aryl methyl sites for hydroxylation is 1. The Kier molecular flexibility index (Phi) is 4.64. The highest BCUT2D eigenvalue weighted by atomic mass is 79.9. The van der Waals surface area contributed by atoms with Gasteiger partial charge in [0.05, 0.1) is 4.90 Å². The zero-order valence-electron chi connectivity index (χ0n) is 12.8. The van der Waals surface area contributed by atoms with Crippen LogP contribution in [0, 0.1) is 6.92 Å². The summed E-state index contributed by atoms with van der Waals surface area (Å²) in [7, 11) is -3.80. The monoisotopic (exact) mass is 425 g/mol. The second-order valence-corrected chi connectivity index (χ2v) is 7.47. The average molecular weight is 426 g/mol. The van der Waals surface area contributed by atoms with E-state index >= 15 is 0 Å². The summed E-state index contributed by atoms with van der Waals surface area (Å²) < 4.78 is 37.2. The molecule has 2 N–H and O–H groups in total. The molecule has 2 aromatic heterocycles. The van der Waals surface area contributed by atoms with Crippen molar-refractivity contribution in [1.82, 2.24) is 5.16 Å². The van der Waals surface area contributed by atoms with Crippen LogP contribution in [0.1, 0.15) is 16.3 Å². The fourth-order valence-corrected chi connectivity index (χ4v) is 3.25. The van der Waals surface area contributed by atoms with Crippen molar-refractivity contribution < 1.29 is 22.2 Å². The van der Waals surface area contributed by atoms with Crippen LogP contribution in [0.3, 0.4) is 0 Å². The van der Waals surface area contributed by atoms with Crippen molar-refractivity contribution in [3.8, 4) is 0 Å². The number of benzene rings is 1. The third-order valence-electron chi connectivity index (χ3n) is 3.09. The van der Waals surface area contributed by atoms with Gasteiger partial charge in [-0.15, -0.1) is 0 Å². The Balaban J connectivity index is 1.72. The van der Waals surface area contributed by atoms with Crippen LogP contribution in [0.5, 0.6) is 0 Å².